The van der Waals surface area contributed by atoms with Crippen LogP contribution in [0.1, 0.15) is 6.42 Å². The van der Waals surface area contributed by atoms with Crippen molar-refractivity contribution in [3.63, 3.8) is 0 Å². The van der Waals surface area contributed by atoms with E-state index in [1.165, 1.54) is 6.33 Å². The topological polar surface area (TPSA) is 56.7 Å². The van der Waals surface area contributed by atoms with E-state index in [1.807, 2.05) is 0 Å². The minimum absolute atomic E-state index is 0.550. The normalized spacial score (nSPS) is 9.91. The number of aryl methyl sites for hydroxylation is 1. The van der Waals surface area contributed by atoms with E-state index < -0.39 is 0 Å². The molecular weight excluding hydrogens is 140 g/mol. The zero-order valence-electron chi connectivity index (χ0n) is 6.40. The van der Waals surface area contributed by atoms with E-state index in [0.717, 1.165) is 18.5 Å². The Labute approximate surface area is 65.7 Å². The van der Waals surface area contributed by atoms with Gasteiger partial charge >= 0.3 is 0 Å². The van der Waals surface area contributed by atoms with E-state index in [2.05, 4.69) is 16.7 Å². The fourth-order valence-electron chi connectivity index (χ4n) is 0.723. The number of nitrogens with two attached hydrogens (primary N) is 1. The minimum atomic E-state index is 0.550. The van der Waals surface area contributed by atoms with Crippen LogP contribution in [0, 0.1) is 0 Å². The third kappa shape index (κ3) is 2.51. The van der Waals surface area contributed by atoms with Crippen LogP contribution in [0.2, 0.25) is 0 Å². The second-order valence-corrected chi connectivity index (χ2v) is 2.36. The van der Waals surface area contributed by atoms with Crippen LogP contribution in [-0.4, -0.2) is 21.3 Å². The van der Waals surface area contributed by atoms with Crippen LogP contribution < -0.4 is 5.73 Å². The van der Waals surface area contributed by atoms with Crippen LogP contribution in [0.4, 0.5) is 0 Å². The zero-order chi connectivity index (χ0) is 8.10. The van der Waals surface area contributed by atoms with Crippen molar-refractivity contribution in [2.24, 2.45) is 5.73 Å². The monoisotopic (exact) mass is 152 g/mol. The first-order chi connectivity index (χ1) is 5.33. The summed E-state index contributed by atoms with van der Waals surface area (Å²) in [5, 5.41) is 3.95. The summed E-state index contributed by atoms with van der Waals surface area (Å²) in [5.74, 6) is 0. The largest absolute Gasteiger partial charge is 0.327 e. The molecule has 4 heteroatoms. The molecule has 0 aliphatic heterocycles. The average Bonchev–Trinajstić information content (AvgIpc) is 2.52. The second kappa shape index (κ2) is 3.88. The van der Waals surface area contributed by atoms with Gasteiger partial charge in [-0.25, -0.2) is 4.98 Å². The molecule has 1 aromatic rings. The van der Waals surface area contributed by atoms with Crippen molar-refractivity contribution in [2.45, 2.75) is 13.0 Å². The Morgan fingerprint density at radius 1 is 1.64 bits per heavy atom. The van der Waals surface area contributed by atoms with E-state index in [9.17, 15) is 0 Å². The highest BCUT2D eigenvalue weighted by molar-refractivity contribution is 4.94. The molecule has 11 heavy (non-hydrogen) atoms. The summed E-state index contributed by atoms with van der Waals surface area (Å²) in [7, 11) is 0. The highest BCUT2D eigenvalue weighted by atomic mass is 15.3. The van der Waals surface area contributed by atoms with Gasteiger partial charge < -0.3 is 5.73 Å². The summed E-state index contributed by atoms with van der Waals surface area (Å²) in [6.45, 7) is 5.15. The summed E-state index contributed by atoms with van der Waals surface area (Å²) in [6.07, 6.45) is 4.08. The van der Waals surface area contributed by atoms with E-state index in [-0.39, 0.29) is 0 Å². The third-order valence-corrected chi connectivity index (χ3v) is 1.45. The summed E-state index contributed by atoms with van der Waals surface area (Å²) >= 11 is 0. The average molecular weight is 152 g/mol. The van der Waals surface area contributed by atoms with Gasteiger partial charge in [-0.15, -0.1) is 0 Å². The van der Waals surface area contributed by atoms with Gasteiger partial charge in [0.25, 0.3) is 0 Å². The molecule has 0 atom stereocenters. The van der Waals surface area contributed by atoms with Crippen LogP contribution in [-0.2, 0) is 6.54 Å². The molecule has 0 aromatic carbocycles. The molecule has 0 saturated heterocycles. The molecule has 4 nitrogen and oxygen atoms in total. The van der Waals surface area contributed by atoms with Crippen LogP contribution in [0.25, 0.3) is 0 Å². The van der Waals surface area contributed by atoms with E-state index >= 15 is 0 Å². The Hall–Kier alpha value is -1.16. The van der Waals surface area contributed by atoms with Crippen LogP contribution >= 0.6 is 0 Å². The van der Waals surface area contributed by atoms with Gasteiger partial charge in [-0.2, -0.15) is 5.10 Å². The lowest BCUT2D eigenvalue weighted by Gasteiger charge is -2.00. The number of rotatable bonds is 4. The standard InChI is InChI=1S/C7H12N4/c1-7(4-8)2-3-11-6-9-5-10-11/h5-6H,1-4,8H2. The van der Waals surface area contributed by atoms with Crippen molar-refractivity contribution in [3.8, 4) is 0 Å². The van der Waals surface area contributed by atoms with Gasteiger partial charge in [0, 0.05) is 13.1 Å². The Bertz CT molecular complexity index is 214. The number of nitrogens with zero attached hydrogens (tertiary/aromatic N) is 3. The summed E-state index contributed by atoms with van der Waals surface area (Å²) in [5.41, 5.74) is 6.41. The van der Waals surface area contributed by atoms with Crippen LogP contribution in [0.3, 0.4) is 0 Å². The molecule has 60 valence electrons. The Morgan fingerprint density at radius 3 is 3.00 bits per heavy atom. The fraction of sp³-hybridized carbons (Fsp3) is 0.429. The van der Waals surface area contributed by atoms with Gasteiger partial charge in [-0.1, -0.05) is 12.2 Å². The van der Waals surface area contributed by atoms with Crippen molar-refractivity contribution in [1.29, 1.82) is 0 Å². The highest BCUT2D eigenvalue weighted by Gasteiger charge is 1.92. The van der Waals surface area contributed by atoms with Crippen LogP contribution in [0.5, 0.6) is 0 Å². The van der Waals surface area contributed by atoms with Gasteiger partial charge in [-0.05, 0) is 6.42 Å². The number of aromatic nitrogens is 3. The van der Waals surface area contributed by atoms with Gasteiger partial charge in [-0.3, -0.25) is 4.68 Å². The first-order valence-electron chi connectivity index (χ1n) is 3.52. The first-order valence-corrected chi connectivity index (χ1v) is 3.52. The minimum Gasteiger partial charge on any atom is -0.327 e. The molecule has 1 heterocycles. The van der Waals surface area contributed by atoms with Gasteiger partial charge in [0.05, 0.1) is 0 Å². The lowest BCUT2D eigenvalue weighted by molar-refractivity contribution is 0.608. The maximum atomic E-state index is 5.37. The zero-order valence-corrected chi connectivity index (χ0v) is 6.40. The van der Waals surface area contributed by atoms with Crippen molar-refractivity contribution in [3.05, 3.63) is 24.8 Å². The van der Waals surface area contributed by atoms with E-state index in [4.69, 9.17) is 5.73 Å². The molecule has 0 aliphatic rings. The second-order valence-electron chi connectivity index (χ2n) is 2.36. The molecule has 0 amide bonds. The third-order valence-electron chi connectivity index (χ3n) is 1.45. The molecular formula is C7H12N4. The van der Waals surface area contributed by atoms with Crippen molar-refractivity contribution in [1.82, 2.24) is 14.8 Å². The molecule has 0 aliphatic carbocycles. The molecule has 0 spiro atoms. The van der Waals surface area contributed by atoms with Gasteiger partial charge in [0.2, 0.25) is 0 Å². The van der Waals surface area contributed by atoms with E-state index in [1.54, 1.807) is 11.0 Å². The molecule has 0 saturated carbocycles. The van der Waals surface area contributed by atoms with Crippen molar-refractivity contribution < 1.29 is 0 Å². The number of hydrogen-bond donors (Lipinski definition) is 1. The molecule has 0 fully saturated rings. The predicted octanol–water partition coefficient (Wildman–Crippen LogP) is 0.183. The van der Waals surface area contributed by atoms with Gasteiger partial charge in [0.15, 0.2) is 0 Å². The van der Waals surface area contributed by atoms with Crippen molar-refractivity contribution >= 4 is 0 Å². The Balaban J connectivity index is 2.29. The molecule has 1 aromatic heterocycles. The summed E-state index contributed by atoms with van der Waals surface area (Å²) in [4.78, 5) is 3.82. The molecule has 0 radical (unpaired) electrons. The first kappa shape index (κ1) is 7.94. The smallest absolute Gasteiger partial charge is 0.137 e. The Morgan fingerprint density at radius 2 is 2.45 bits per heavy atom. The fourth-order valence-corrected chi connectivity index (χ4v) is 0.723. The number of hydrogen-bond acceptors (Lipinski definition) is 3. The maximum absolute atomic E-state index is 5.37. The van der Waals surface area contributed by atoms with Crippen LogP contribution in [0.15, 0.2) is 24.8 Å². The quantitative estimate of drug-likeness (QED) is 0.626. The van der Waals surface area contributed by atoms with Crippen molar-refractivity contribution in [2.75, 3.05) is 6.54 Å². The maximum Gasteiger partial charge on any atom is 0.137 e. The van der Waals surface area contributed by atoms with E-state index in [0.29, 0.717) is 6.54 Å². The summed E-state index contributed by atoms with van der Waals surface area (Å²) in [6, 6.07) is 0. The lowest BCUT2D eigenvalue weighted by Crippen LogP contribution is -2.06. The predicted molar refractivity (Wildman–Crippen MR) is 42.8 cm³/mol. The molecule has 0 unspecified atom stereocenters. The highest BCUT2D eigenvalue weighted by Crippen LogP contribution is 1.96. The molecule has 2 N–H and O–H groups in total. The SMILES string of the molecule is C=C(CN)CCn1cncn1. The lowest BCUT2D eigenvalue weighted by atomic mass is 10.2. The molecule has 0 bridgehead atoms. The Kier molecular flexibility index (Phi) is 2.80. The summed E-state index contributed by atoms with van der Waals surface area (Å²) < 4.78 is 1.76. The molecule has 1 rings (SSSR count). The van der Waals surface area contributed by atoms with Gasteiger partial charge in [0.1, 0.15) is 12.7 Å².